The molecule has 0 fully saturated rings. The van der Waals surface area contributed by atoms with Crippen molar-refractivity contribution in [3.05, 3.63) is 0 Å². The fraction of sp³-hybridized carbons (Fsp3) is 0.900. The minimum Gasteiger partial charge on any atom is -0.387 e. The molecule has 0 aromatic rings. The van der Waals surface area contributed by atoms with E-state index in [1.807, 2.05) is 0 Å². The Balaban J connectivity index is 3.71. The SMILES string of the molecule is CCCCC(CCC)NC(=O)CO. The number of aliphatic hydroxyl groups excluding tert-OH is 1. The van der Waals surface area contributed by atoms with Crippen LogP contribution in [0, 0.1) is 0 Å². The number of unbranched alkanes of at least 4 members (excludes halogenated alkanes) is 1. The van der Waals surface area contributed by atoms with Crippen molar-refractivity contribution in [2.75, 3.05) is 6.61 Å². The van der Waals surface area contributed by atoms with Crippen molar-refractivity contribution in [3.63, 3.8) is 0 Å². The number of hydrogen-bond donors (Lipinski definition) is 2. The third-order valence-electron chi connectivity index (χ3n) is 2.05. The summed E-state index contributed by atoms with van der Waals surface area (Å²) in [4.78, 5) is 10.9. The second kappa shape index (κ2) is 8.05. The molecular formula is C10H21NO2. The monoisotopic (exact) mass is 187 g/mol. The molecule has 0 aliphatic carbocycles. The standard InChI is InChI=1S/C10H21NO2/c1-3-5-7-9(6-4-2)11-10(13)8-12/h9,12H,3-8H2,1-2H3,(H,11,13). The van der Waals surface area contributed by atoms with Crippen molar-refractivity contribution >= 4 is 5.91 Å². The number of hydrogen-bond acceptors (Lipinski definition) is 2. The maximum Gasteiger partial charge on any atom is 0.245 e. The molecule has 0 saturated heterocycles. The summed E-state index contributed by atoms with van der Waals surface area (Å²) in [7, 11) is 0. The van der Waals surface area contributed by atoms with E-state index in [-0.39, 0.29) is 11.9 Å². The summed E-state index contributed by atoms with van der Waals surface area (Å²) in [5.41, 5.74) is 0. The predicted molar refractivity (Wildman–Crippen MR) is 53.4 cm³/mol. The highest BCUT2D eigenvalue weighted by molar-refractivity contribution is 5.77. The third-order valence-corrected chi connectivity index (χ3v) is 2.05. The van der Waals surface area contributed by atoms with Gasteiger partial charge < -0.3 is 10.4 Å². The lowest BCUT2D eigenvalue weighted by Crippen LogP contribution is -2.36. The van der Waals surface area contributed by atoms with Crippen LogP contribution in [0.2, 0.25) is 0 Å². The highest BCUT2D eigenvalue weighted by atomic mass is 16.3. The van der Waals surface area contributed by atoms with Gasteiger partial charge in [-0.25, -0.2) is 0 Å². The highest BCUT2D eigenvalue weighted by Gasteiger charge is 2.09. The molecule has 0 aromatic heterocycles. The minimum absolute atomic E-state index is 0.254. The third kappa shape index (κ3) is 6.58. The zero-order valence-electron chi connectivity index (χ0n) is 8.68. The first-order valence-electron chi connectivity index (χ1n) is 5.14. The quantitative estimate of drug-likeness (QED) is 0.634. The van der Waals surface area contributed by atoms with Crippen molar-refractivity contribution in [3.8, 4) is 0 Å². The van der Waals surface area contributed by atoms with E-state index in [0.717, 1.165) is 32.1 Å². The Hall–Kier alpha value is -0.570. The van der Waals surface area contributed by atoms with Crippen molar-refractivity contribution in [1.82, 2.24) is 5.32 Å². The van der Waals surface area contributed by atoms with Crippen LogP contribution in [0.15, 0.2) is 0 Å². The summed E-state index contributed by atoms with van der Waals surface area (Å²) in [6, 6.07) is 0.254. The molecule has 0 spiro atoms. The van der Waals surface area contributed by atoms with Crippen LogP contribution in [0.5, 0.6) is 0 Å². The summed E-state index contributed by atoms with van der Waals surface area (Å²) >= 11 is 0. The number of amides is 1. The topological polar surface area (TPSA) is 49.3 Å². The number of rotatable bonds is 7. The van der Waals surface area contributed by atoms with E-state index >= 15 is 0 Å². The van der Waals surface area contributed by atoms with Gasteiger partial charge in [0.15, 0.2) is 0 Å². The van der Waals surface area contributed by atoms with Crippen LogP contribution in [-0.2, 0) is 4.79 Å². The molecule has 3 heteroatoms. The lowest BCUT2D eigenvalue weighted by molar-refractivity contribution is -0.124. The summed E-state index contributed by atoms with van der Waals surface area (Å²) < 4.78 is 0. The second-order valence-electron chi connectivity index (χ2n) is 3.35. The van der Waals surface area contributed by atoms with Gasteiger partial charge in [0.2, 0.25) is 5.91 Å². The molecule has 2 N–H and O–H groups in total. The predicted octanol–water partition coefficient (Wildman–Crippen LogP) is 1.45. The van der Waals surface area contributed by atoms with Crippen molar-refractivity contribution in [1.29, 1.82) is 0 Å². The average Bonchev–Trinajstić information content (AvgIpc) is 2.14. The molecule has 78 valence electrons. The summed E-state index contributed by atoms with van der Waals surface area (Å²) in [6.07, 6.45) is 5.38. The van der Waals surface area contributed by atoms with Gasteiger partial charge in [0.05, 0.1) is 0 Å². The van der Waals surface area contributed by atoms with Gasteiger partial charge in [-0.1, -0.05) is 33.1 Å². The first-order valence-corrected chi connectivity index (χ1v) is 5.14. The summed E-state index contributed by atoms with van der Waals surface area (Å²) in [5.74, 6) is -0.255. The van der Waals surface area contributed by atoms with Crippen LogP contribution < -0.4 is 5.32 Å². The molecular weight excluding hydrogens is 166 g/mol. The van der Waals surface area contributed by atoms with Gasteiger partial charge in [0.25, 0.3) is 0 Å². The van der Waals surface area contributed by atoms with Crippen LogP contribution in [-0.4, -0.2) is 23.7 Å². The zero-order valence-corrected chi connectivity index (χ0v) is 8.68. The van der Waals surface area contributed by atoms with E-state index in [1.165, 1.54) is 0 Å². The van der Waals surface area contributed by atoms with Gasteiger partial charge in [-0.2, -0.15) is 0 Å². The van der Waals surface area contributed by atoms with E-state index in [4.69, 9.17) is 5.11 Å². The minimum atomic E-state index is -0.396. The Morgan fingerprint density at radius 1 is 1.31 bits per heavy atom. The molecule has 3 nitrogen and oxygen atoms in total. The fourth-order valence-corrected chi connectivity index (χ4v) is 1.36. The molecule has 0 aliphatic rings. The highest BCUT2D eigenvalue weighted by Crippen LogP contribution is 2.06. The average molecular weight is 187 g/mol. The van der Waals surface area contributed by atoms with Crippen molar-refractivity contribution in [2.24, 2.45) is 0 Å². The smallest absolute Gasteiger partial charge is 0.245 e. The maximum absolute atomic E-state index is 10.9. The van der Waals surface area contributed by atoms with Crippen LogP contribution in [0.25, 0.3) is 0 Å². The molecule has 0 radical (unpaired) electrons. The number of nitrogens with one attached hydrogen (secondary N) is 1. The van der Waals surface area contributed by atoms with Crippen LogP contribution >= 0.6 is 0 Å². The first kappa shape index (κ1) is 12.4. The lowest BCUT2D eigenvalue weighted by atomic mass is 10.1. The summed E-state index contributed by atoms with van der Waals surface area (Å²) in [5, 5.41) is 11.4. The normalized spacial score (nSPS) is 12.5. The Kier molecular flexibility index (Phi) is 7.69. The lowest BCUT2D eigenvalue weighted by Gasteiger charge is -2.16. The van der Waals surface area contributed by atoms with E-state index in [1.54, 1.807) is 0 Å². The molecule has 0 aromatic carbocycles. The molecule has 0 bridgehead atoms. The van der Waals surface area contributed by atoms with Crippen LogP contribution in [0.4, 0.5) is 0 Å². The first-order chi connectivity index (χ1) is 6.24. The van der Waals surface area contributed by atoms with Gasteiger partial charge >= 0.3 is 0 Å². The molecule has 0 saturated carbocycles. The summed E-state index contributed by atoms with van der Waals surface area (Å²) in [6.45, 7) is 3.84. The second-order valence-corrected chi connectivity index (χ2v) is 3.35. The van der Waals surface area contributed by atoms with E-state index in [0.29, 0.717) is 0 Å². The molecule has 13 heavy (non-hydrogen) atoms. The van der Waals surface area contributed by atoms with Gasteiger partial charge in [-0.05, 0) is 12.8 Å². The molecule has 0 heterocycles. The Labute approximate surface area is 80.5 Å². The van der Waals surface area contributed by atoms with Gasteiger partial charge in [0, 0.05) is 6.04 Å². The maximum atomic E-state index is 10.9. The molecule has 0 rings (SSSR count). The zero-order chi connectivity index (χ0) is 10.1. The fourth-order valence-electron chi connectivity index (χ4n) is 1.36. The van der Waals surface area contributed by atoms with Gasteiger partial charge in [-0.3, -0.25) is 4.79 Å². The molecule has 1 atom stereocenters. The van der Waals surface area contributed by atoms with Gasteiger partial charge in [-0.15, -0.1) is 0 Å². The Morgan fingerprint density at radius 2 is 2.00 bits per heavy atom. The molecule has 1 amide bonds. The van der Waals surface area contributed by atoms with Crippen molar-refractivity contribution < 1.29 is 9.90 Å². The molecule has 0 aliphatic heterocycles. The van der Waals surface area contributed by atoms with E-state index in [2.05, 4.69) is 19.2 Å². The van der Waals surface area contributed by atoms with Crippen LogP contribution in [0.1, 0.15) is 46.0 Å². The van der Waals surface area contributed by atoms with E-state index in [9.17, 15) is 4.79 Å². The largest absolute Gasteiger partial charge is 0.387 e. The molecule has 1 unspecified atom stereocenters. The van der Waals surface area contributed by atoms with Crippen LogP contribution in [0.3, 0.4) is 0 Å². The number of aliphatic hydroxyl groups is 1. The van der Waals surface area contributed by atoms with E-state index < -0.39 is 6.61 Å². The number of carbonyl (C=O) groups is 1. The van der Waals surface area contributed by atoms with Gasteiger partial charge in [0.1, 0.15) is 6.61 Å². The Bertz CT molecular complexity index is 137. The van der Waals surface area contributed by atoms with Crippen molar-refractivity contribution in [2.45, 2.75) is 52.0 Å². The Morgan fingerprint density at radius 3 is 2.46 bits per heavy atom. The number of carbonyl (C=O) groups excluding carboxylic acids is 1.